The van der Waals surface area contributed by atoms with E-state index in [1.807, 2.05) is 11.8 Å². The number of rotatable bonds is 7. The van der Waals surface area contributed by atoms with Gasteiger partial charge in [-0.05, 0) is 55.5 Å². The molecular formula is C46H63Cl2N2PRuS. The molecule has 3 saturated carbocycles. The number of hydrogen-bond acceptors (Lipinski definition) is 1. The minimum absolute atomic E-state index is 0. The molecule has 0 radical (unpaired) electrons. The second-order valence-electron chi connectivity index (χ2n) is 15.7. The van der Waals surface area contributed by atoms with Crippen LogP contribution in [-0.2, 0) is 16.2 Å². The normalized spacial score (nSPS) is 17.0. The van der Waals surface area contributed by atoms with Gasteiger partial charge >= 0.3 is 203 Å². The van der Waals surface area contributed by atoms with Crippen LogP contribution < -0.4 is 24.8 Å². The van der Waals surface area contributed by atoms with Gasteiger partial charge in [-0.15, -0.1) is 0 Å². The number of aryl methyl sites for hydroxylation is 6. The summed E-state index contributed by atoms with van der Waals surface area (Å²) in [5, 5.41) is 0. The molecular weight excluding hydrogens is 816 g/mol. The van der Waals surface area contributed by atoms with Crippen molar-refractivity contribution >= 4 is 23.6 Å². The van der Waals surface area contributed by atoms with Gasteiger partial charge in [-0.3, -0.25) is 0 Å². The van der Waals surface area contributed by atoms with Crippen LogP contribution in [0.5, 0.6) is 0 Å². The monoisotopic (exact) mass is 878 g/mol. The second-order valence-corrected chi connectivity index (χ2v) is 22.2. The van der Waals surface area contributed by atoms with Gasteiger partial charge in [0, 0.05) is 0 Å². The largest absolute Gasteiger partial charge is 1.00 e. The molecule has 0 atom stereocenters. The second kappa shape index (κ2) is 21.9. The molecule has 1 aromatic heterocycles. The molecule has 0 unspecified atom stereocenters. The van der Waals surface area contributed by atoms with Gasteiger partial charge < -0.3 is 24.8 Å². The molecule has 0 aliphatic heterocycles. The van der Waals surface area contributed by atoms with E-state index in [1.165, 1.54) is 89.9 Å². The zero-order chi connectivity index (χ0) is 35.7. The molecule has 0 bridgehead atoms. The van der Waals surface area contributed by atoms with Crippen LogP contribution in [0.25, 0.3) is 11.4 Å². The summed E-state index contributed by atoms with van der Waals surface area (Å²) in [5.74, 6) is 0. The Hall–Kier alpha value is -1.28. The van der Waals surface area contributed by atoms with Gasteiger partial charge in [0.25, 0.3) is 0 Å². The molecule has 0 spiro atoms. The molecule has 3 fully saturated rings. The summed E-state index contributed by atoms with van der Waals surface area (Å²) in [6, 6.07) is 19.8. The molecule has 1 heterocycles. The topological polar surface area (TPSA) is 9.86 Å². The summed E-state index contributed by atoms with van der Waals surface area (Å²) >= 11 is 1.70. The van der Waals surface area contributed by atoms with E-state index >= 15 is 0 Å². The molecule has 2 nitrogen and oxygen atoms in total. The number of benzene rings is 3. The van der Waals surface area contributed by atoms with Crippen LogP contribution in [0.4, 0.5) is 0 Å². The minimum atomic E-state index is -0.139. The molecule has 3 aliphatic carbocycles. The number of hydrogen-bond donors (Lipinski definition) is 0. The number of aromatic nitrogens is 2. The third kappa shape index (κ3) is 11.6. The first-order valence-electron chi connectivity index (χ1n) is 20.0. The van der Waals surface area contributed by atoms with Crippen molar-refractivity contribution in [3.63, 3.8) is 0 Å². The Balaban J connectivity index is 0.000000256. The van der Waals surface area contributed by atoms with Gasteiger partial charge in [0.15, 0.2) is 0 Å². The zero-order valence-electron chi connectivity index (χ0n) is 33.1. The van der Waals surface area contributed by atoms with Crippen LogP contribution in [0.3, 0.4) is 0 Å². The van der Waals surface area contributed by atoms with Crippen LogP contribution in [0, 0.1) is 45.6 Å². The molecule has 0 saturated heterocycles. The van der Waals surface area contributed by atoms with Gasteiger partial charge in [0.05, 0.1) is 0 Å². The summed E-state index contributed by atoms with van der Waals surface area (Å²) in [5.41, 5.74) is 14.1. The van der Waals surface area contributed by atoms with E-state index in [0.29, 0.717) is 7.92 Å². The maximum Gasteiger partial charge on any atom is -1.00 e. The number of nitrogens with zero attached hydrogens (tertiary/aromatic N) is 2. The standard InChI is InChI=1S/C21H24N2.C18H33P.C7H6S.2ClH.Ru/c1-14-9-16(3)20(17(4)10-14)22-7-8-23(13-22)21-18(5)11-15(2)12-19(21)6;1-4-10-16(11-5-1)19(17-12-6-2-7-13-17)18-14-8-3-9-15-18;1-8-7-5-3-2-4-6-7;;;/h7-12H,1-6H3;16-18H,1-15H2;1-6H;2*1H;/q;;;;;+2/p-2. The summed E-state index contributed by atoms with van der Waals surface area (Å²) < 4.78 is 8.60. The van der Waals surface area contributed by atoms with E-state index in [9.17, 15) is 0 Å². The van der Waals surface area contributed by atoms with E-state index < -0.39 is 0 Å². The third-order valence-corrected chi connectivity index (χ3v) is 18.9. The predicted octanol–water partition coefficient (Wildman–Crippen LogP) is 7.76. The van der Waals surface area contributed by atoms with Crippen molar-refractivity contribution < 1.29 is 41.0 Å². The summed E-state index contributed by atoms with van der Waals surface area (Å²) in [4.78, 5) is 1.29. The van der Waals surface area contributed by atoms with Crippen molar-refractivity contribution in [3.05, 3.63) is 104 Å². The quantitative estimate of drug-likeness (QED) is 0.105. The number of imidazole rings is 1. The zero-order valence-corrected chi connectivity index (χ0v) is 38.1. The molecule has 3 aromatic carbocycles. The maximum absolute atomic E-state index is 2.42. The predicted molar refractivity (Wildman–Crippen MR) is 223 cm³/mol. The van der Waals surface area contributed by atoms with Gasteiger partial charge in [-0.2, -0.15) is 0 Å². The van der Waals surface area contributed by atoms with E-state index in [2.05, 4.69) is 122 Å². The van der Waals surface area contributed by atoms with Crippen molar-refractivity contribution in [2.75, 3.05) is 0 Å². The van der Waals surface area contributed by atoms with Crippen molar-refractivity contribution in [1.29, 1.82) is 0 Å². The third-order valence-electron chi connectivity index (χ3n) is 11.5. The minimum Gasteiger partial charge on any atom is -1.00 e. The fraction of sp³-hybridized carbons (Fsp3) is 0.522. The summed E-state index contributed by atoms with van der Waals surface area (Å²) in [6.45, 7) is 13.3. The van der Waals surface area contributed by atoms with Crippen molar-refractivity contribution in [3.8, 4) is 11.4 Å². The van der Waals surface area contributed by atoms with Crippen molar-refractivity contribution in [2.24, 2.45) is 0 Å². The fourth-order valence-electron chi connectivity index (χ4n) is 9.54. The first kappa shape index (κ1) is 44.4. The molecule has 7 heteroatoms. The molecule has 290 valence electrons. The van der Waals surface area contributed by atoms with Gasteiger partial charge in [-0.25, -0.2) is 0 Å². The average molecular weight is 879 g/mol. The average Bonchev–Trinajstić information content (AvgIpc) is 3.52. The summed E-state index contributed by atoms with van der Waals surface area (Å²) in [7, 11) is 0.385. The molecule has 0 amide bonds. The molecule has 4 aromatic rings. The Bertz CT molecular complexity index is 1680. The Labute approximate surface area is 346 Å². The van der Waals surface area contributed by atoms with Gasteiger partial charge in [-0.1, -0.05) is 65.7 Å². The van der Waals surface area contributed by atoms with Crippen molar-refractivity contribution in [2.45, 2.75) is 160 Å². The van der Waals surface area contributed by atoms with Gasteiger partial charge in [0.2, 0.25) is 0 Å². The Morgan fingerprint density at radius 3 is 1.26 bits per heavy atom. The molecule has 3 aliphatic rings. The van der Waals surface area contributed by atoms with Gasteiger partial charge in [0.1, 0.15) is 0 Å². The van der Waals surface area contributed by atoms with E-state index in [4.69, 9.17) is 0 Å². The first-order chi connectivity index (χ1) is 24.8. The Morgan fingerprint density at radius 1 is 0.547 bits per heavy atom. The van der Waals surface area contributed by atoms with Crippen LogP contribution in [0.15, 0.2) is 71.9 Å². The molecule has 0 N–H and O–H groups in total. The smallest absolute Gasteiger partial charge is 1.00 e. The van der Waals surface area contributed by atoms with Crippen LogP contribution in [0.1, 0.15) is 130 Å². The molecule has 7 rings (SSSR count). The van der Waals surface area contributed by atoms with E-state index in [-0.39, 0.29) is 41.0 Å². The van der Waals surface area contributed by atoms with Crippen LogP contribution in [-0.4, -0.2) is 30.1 Å². The van der Waals surface area contributed by atoms with E-state index in [1.54, 1.807) is 77.0 Å². The SMILES string of the molecule is C1CCC(P(C2CCCCC2)C2CCCCC2)CC1.Cc1cc(C)c(-n2ccn(-c3c(C)cc(C)cc3C)[c]2=[Ru+2]=[CH]Sc2ccccc2)c(C)c1.[Cl-].[Cl-]. The van der Waals surface area contributed by atoms with Crippen LogP contribution >= 0.6 is 19.7 Å². The molecule has 53 heavy (non-hydrogen) atoms. The first-order valence-corrected chi connectivity index (χ1v) is 24.3. The Kier molecular flexibility index (Phi) is 18.3. The number of halogens is 2. The summed E-state index contributed by atoms with van der Waals surface area (Å²) in [6.07, 6.45) is 28.1. The van der Waals surface area contributed by atoms with Crippen LogP contribution in [0.2, 0.25) is 0 Å². The maximum atomic E-state index is 2.42. The Morgan fingerprint density at radius 2 is 0.906 bits per heavy atom. The number of thioether (sulfide) groups is 1. The van der Waals surface area contributed by atoms with E-state index in [0.717, 1.165) is 0 Å². The fourth-order valence-corrected chi connectivity index (χ4v) is 17.4. The van der Waals surface area contributed by atoms with Crippen molar-refractivity contribution in [1.82, 2.24) is 9.13 Å².